The van der Waals surface area contributed by atoms with Crippen LogP contribution in [0.2, 0.25) is 0 Å². The predicted molar refractivity (Wildman–Crippen MR) is 173 cm³/mol. The number of nitrogens with one attached hydrogen (secondary N) is 1. The van der Waals surface area contributed by atoms with Gasteiger partial charge in [-0.15, -0.1) is 0 Å². The van der Waals surface area contributed by atoms with Gasteiger partial charge in [0.15, 0.2) is 0 Å². The van der Waals surface area contributed by atoms with Crippen molar-refractivity contribution in [1.29, 1.82) is 5.41 Å². The molecule has 5 rings (SSSR count). The van der Waals surface area contributed by atoms with Gasteiger partial charge in [-0.05, 0) is 61.9 Å². The van der Waals surface area contributed by atoms with Crippen molar-refractivity contribution < 1.29 is 9.53 Å². The molecule has 43 heavy (non-hydrogen) atoms. The van der Waals surface area contributed by atoms with Crippen LogP contribution in [0.1, 0.15) is 52.6 Å². The molecule has 1 aliphatic rings. The minimum Gasteiger partial charge on any atom is -0.384 e. The quantitative estimate of drug-likeness (QED) is 0.125. The second-order valence-corrected chi connectivity index (χ2v) is 11.3. The van der Waals surface area contributed by atoms with Crippen molar-refractivity contribution in [3.63, 3.8) is 0 Å². The molecule has 0 aliphatic carbocycles. The summed E-state index contributed by atoms with van der Waals surface area (Å²) in [7, 11) is 0. The lowest BCUT2D eigenvalue weighted by molar-refractivity contribution is 0.0638. The van der Waals surface area contributed by atoms with E-state index < -0.39 is 0 Å². The van der Waals surface area contributed by atoms with Crippen LogP contribution in [-0.2, 0) is 30.5 Å². The second kappa shape index (κ2) is 14.9. The third-order valence-electron chi connectivity index (χ3n) is 8.32. The average Bonchev–Trinajstić information content (AvgIpc) is 3.39. The Hall–Kier alpha value is -4.01. The van der Waals surface area contributed by atoms with E-state index >= 15 is 0 Å². The number of ether oxygens (including phenoxy) is 1. The highest BCUT2D eigenvalue weighted by Gasteiger charge is 2.23. The van der Waals surface area contributed by atoms with Gasteiger partial charge in [-0.25, -0.2) is 4.98 Å². The van der Waals surface area contributed by atoms with E-state index in [0.29, 0.717) is 5.56 Å². The highest BCUT2D eigenvalue weighted by Crippen LogP contribution is 2.22. The van der Waals surface area contributed by atoms with Crippen molar-refractivity contribution in [3.05, 3.63) is 101 Å². The molecule has 8 nitrogen and oxygen atoms in total. The van der Waals surface area contributed by atoms with Crippen LogP contribution in [0.15, 0.2) is 72.8 Å². The van der Waals surface area contributed by atoms with Crippen LogP contribution < -0.4 is 5.73 Å². The number of benzene rings is 3. The number of piperazine rings is 1. The Kier molecular flexibility index (Phi) is 10.6. The van der Waals surface area contributed by atoms with E-state index in [0.717, 1.165) is 107 Å². The molecule has 0 atom stereocenters. The second-order valence-electron chi connectivity index (χ2n) is 11.3. The predicted octanol–water partition coefficient (Wildman–Crippen LogP) is 4.92. The van der Waals surface area contributed by atoms with Gasteiger partial charge in [0.05, 0.1) is 11.0 Å². The highest BCUT2D eigenvalue weighted by atomic mass is 16.5. The van der Waals surface area contributed by atoms with Crippen LogP contribution in [0.3, 0.4) is 0 Å². The number of nitrogens with zero attached hydrogens (tertiary/aromatic N) is 4. The van der Waals surface area contributed by atoms with E-state index in [9.17, 15) is 4.79 Å². The number of aromatic nitrogens is 2. The lowest BCUT2D eigenvalue weighted by atomic mass is 10.1. The standard InChI is InChI=1S/C35H44N6O2/c1-2-43-25-7-6-19-41-32-16-15-30(26-31(32)38-33(41)17-12-28-10-13-29(14-11-28)34(36)37)35(42)40-23-21-39(22-24-40)20-18-27-8-4-3-5-9-27/h3-5,8-11,13-16,26H,2,6-7,12,17-25H2,1H3,(H3,36,37). The number of nitrogen functional groups attached to an aromatic ring is 1. The summed E-state index contributed by atoms with van der Waals surface area (Å²) in [6.07, 6.45) is 4.65. The Balaban J connectivity index is 1.25. The number of hydrogen-bond donors (Lipinski definition) is 2. The molecule has 0 saturated carbocycles. The fraction of sp³-hybridized carbons (Fsp3) is 0.400. The largest absolute Gasteiger partial charge is 0.384 e. The van der Waals surface area contributed by atoms with Crippen molar-refractivity contribution in [1.82, 2.24) is 19.4 Å². The first-order valence-corrected chi connectivity index (χ1v) is 15.6. The van der Waals surface area contributed by atoms with E-state index in [-0.39, 0.29) is 11.7 Å². The smallest absolute Gasteiger partial charge is 0.254 e. The molecule has 1 saturated heterocycles. The summed E-state index contributed by atoms with van der Waals surface area (Å²) in [5.74, 6) is 1.19. The van der Waals surface area contributed by atoms with Gasteiger partial charge in [0.25, 0.3) is 5.91 Å². The first kappa shape index (κ1) is 30.4. The van der Waals surface area contributed by atoms with Crippen molar-refractivity contribution in [2.24, 2.45) is 5.73 Å². The van der Waals surface area contributed by atoms with Crippen molar-refractivity contribution >= 4 is 22.8 Å². The summed E-state index contributed by atoms with van der Waals surface area (Å²) < 4.78 is 7.86. The van der Waals surface area contributed by atoms with Gasteiger partial charge in [0.1, 0.15) is 11.7 Å². The lowest BCUT2D eigenvalue weighted by Crippen LogP contribution is -2.49. The number of imidazole rings is 1. The van der Waals surface area contributed by atoms with E-state index in [1.54, 1.807) is 0 Å². The van der Waals surface area contributed by atoms with Gasteiger partial charge >= 0.3 is 0 Å². The highest BCUT2D eigenvalue weighted by molar-refractivity contribution is 5.97. The van der Waals surface area contributed by atoms with Gasteiger partial charge in [0.2, 0.25) is 0 Å². The Morgan fingerprint density at radius 3 is 2.30 bits per heavy atom. The molecular formula is C35H44N6O2. The Morgan fingerprint density at radius 2 is 1.58 bits per heavy atom. The van der Waals surface area contributed by atoms with Crippen LogP contribution in [-0.4, -0.2) is 77.0 Å². The van der Waals surface area contributed by atoms with Crippen LogP contribution in [0.5, 0.6) is 0 Å². The van der Waals surface area contributed by atoms with Gasteiger partial charge in [0, 0.05) is 70.0 Å². The number of fused-ring (bicyclic) bond motifs is 1. The maximum absolute atomic E-state index is 13.5. The molecule has 0 bridgehead atoms. The molecule has 2 heterocycles. The molecule has 0 spiro atoms. The maximum Gasteiger partial charge on any atom is 0.254 e. The SMILES string of the molecule is CCOCCCCn1c(CCc2ccc(C(=N)N)cc2)nc2cc(C(=O)N3CCN(CCc4ccccc4)CC3)ccc21. The number of carbonyl (C=O) groups excluding carboxylic acids is 1. The molecule has 4 aromatic rings. The number of amidine groups is 1. The summed E-state index contributed by atoms with van der Waals surface area (Å²) >= 11 is 0. The van der Waals surface area contributed by atoms with Crippen LogP contribution >= 0.6 is 0 Å². The number of unbranched alkanes of at least 4 members (excludes halogenated alkanes) is 1. The summed E-state index contributed by atoms with van der Waals surface area (Å²) in [6.45, 7) is 8.68. The van der Waals surface area contributed by atoms with Crippen molar-refractivity contribution in [2.75, 3.05) is 45.9 Å². The summed E-state index contributed by atoms with van der Waals surface area (Å²) in [4.78, 5) is 23.0. The molecule has 3 aromatic carbocycles. The number of amides is 1. The normalized spacial score (nSPS) is 13.9. The average molecular weight is 581 g/mol. The number of carbonyl (C=O) groups is 1. The lowest BCUT2D eigenvalue weighted by Gasteiger charge is -2.34. The fourth-order valence-electron chi connectivity index (χ4n) is 5.77. The molecule has 0 radical (unpaired) electrons. The molecule has 1 aliphatic heterocycles. The van der Waals surface area contributed by atoms with Gasteiger partial charge in [-0.3, -0.25) is 15.1 Å². The van der Waals surface area contributed by atoms with Crippen LogP contribution in [0.25, 0.3) is 11.0 Å². The molecule has 0 unspecified atom stereocenters. The Morgan fingerprint density at radius 1 is 0.860 bits per heavy atom. The summed E-state index contributed by atoms with van der Waals surface area (Å²) in [5, 5.41) is 7.63. The molecule has 226 valence electrons. The van der Waals surface area contributed by atoms with Gasteiger partial charge in [-0.2, -0.15) is 0 Å². The number of hydrogen-bond acceptors (Lipinski definition) is 5. The van der Waals surface area contributed by atoms with Crippen molar-refractivity contribution in [2.45, 2.75) is 45.6 Å². The van der Waals surface area contributed by atoms with E-state index in [2.05, 4.69) is 45.9 Å². The van der Waals surface area contributed by atoms with E-state index in [1.807, 2.05) is 48.2 Å². The number of aryl methyl sites for hydroxylation is 3. The zero-order chi connectivity index (χ0) is 30.0. The molecule has 1 aromatic heterocycles. The molecule has 1 fully saturated rings. The number of rotatable bonds is 14. The first-order valence-electron chi connectivity index (χ1n) is 15.6. The topological polar surface area (TPSA) is 100 Å². The minimum atomic E-state index is 0.0793. The van der Waals surface area contributed by atoms with E-state index in [1.165, 1.54) is 11.1 Å². The first-order chi connectivity index (χ1) is 21.0. The third kappa shape index (κ3) is 8.09. The number of nitrogens with two attached hydrogens (primary N) is 1. The van der Waals surface area contributed by atoms with Crippen molar-refractivity contribution in [3.8, 4) is 0 Å². The maximum atomic E-state index is 13.5. The van der Waals surface area contributed by atoms with E-state index in [4.69, 9.17) is 20.9 Å². The summed E-state index contributed by atoms with van der Waals surface area (Å²) in [6, 6.07) is 24.5. The Labute approximate surface area is 255 Å². The summed E-state index contributed by atoms with van der Waals surface area (Å²) in [5.41, 5.74) is 11.5. The third-order valence-corrected chi connectivity index (χ3v) is 8.32. The van der Waals surface area contributed by atoms with Gasteiger partial charge < -0.3 is 19.9 Å². The monoisotopic (exact) mass is 580 g/mol. The zero-order valence-electron chi connectivity index (χ0n) is 25.3. The minimum absolute atomic E-state index is 0.0793. The van der Waals surface area contributed by atoms with Crippen LogP contribution in [0, 0.1) is 5.41 Å². The molecular weight excluding hydrogens is 536 g/mol. The Bertz CT molecular complexity index is 1490. The molecule has 8 heteroatoms. The fourth-order valence-corrected chi connectivity index (χ4v) is 5.77. The zero-order valence-corrected chi connectivity index (χ0v) is 25.3. The van der Waals surface area contributed by atoms with Crippen LogP contribution in [0.4, 0.5) is 0 Å². The molecule has 3 N–H and O–H groups in total. The molecule has 1 amide bonds. The van der Waals surface area contributed by atoms with Gasteiger partial charge in [-0.1, -0.05) is 54.6 Å².